The van der Waals surface area contributed by atoms with Crippen molar-refractivity contribution in [2.24, 2.45) is 11.8 Å². The Morgan fingerprint density at radius 2 is 1.76 bits per heavy atom. The minimum Gasteiger partial charge on any atom is -0.367 e. The van der Waals surface area contributed by atoms with Crippen molar-refractivity contribution in [3.8, 4) is 0 Å². The van der Waals surface area contributed by atoms with Gasteiger partial charge in [-0.05, 0) is 59.8 Å². The lowest BCUT2D eigenvalue weighted by atomic mass is 10.0. The molecule has 1 saturated heterocycles. The first-order valence-corrected chi connectivity index (χ1v) is 6.72. The normalized spacial score (nSPS) is 35.8. The van der Waals surface area contributed by atoms with Crippen LogP contribution in [0.15, 0.2) is 0 Å². The summed E-state index contributed by atoms with van der Waals surface area (Å²) in [5.41, 5.74) is -0.170. The Hall–Kier alpha value is -0.120. The summed E-state index contributed by atoms with van der Waals surface area (Å²) < 4.78 is 5.76. The highest BCUT2D eigenvalue weighted by molar-refractivity contribution is 5.08. The molecule has 0 aromatic carbocycles. The number of aliphatic hydroxyl groups excluding tert-OH is 1. The summed E-state index contributed by atoms with van der Waals surface area (Å²) in [6.07, 6.45) is 0.605. The maximum atomic E-state index is 10.4. The van der Waals surface area contributed by atoms with E-state index in [9.17, 15) is 5.11 Å². The SMILES string of the molecule is CC(C)(C)O[C@H](O)C1C2CC2CN1C(C)(C)C. The number of ether oxygens (including phenoxy) is 1. The number of nitrogens with zero attached hydrogens (tertiary/aromatic N) is 1. The molecule has 3 nitrogen and oxygen atoms in total. The van der Waals surface area contributed by atoms with Crippen molar-refractivity contribution in [2.45, 2.75) is 71.4 Å². The van der Waals surface area contributed by atoms with Crippen molar-refractivity contribution in [2.75, 3.05) is 6.54 Å². The summed E-state index contributed by atoms with van der Waals surface area (Å²) in [4.78, 5) is 2.42. The molecule has 2 rings (SSSR count). The highest BCUT2D eigenvalue weighted by Crippen LogP contribution is 2.52. The molecule has 1 saturated carbocycles. The summed E-state index contributed by atoms with van der Waals surface area (Å²) in [6, 6.07) is 0.180. The molecule has 0 aromatic rings. The molecule has 0 amide bonds. The van der Waals surface area contributed by atoms with Gasteiger partial charge in [-0.1, -0.05) is 0 Å². The van der Waals surface area contributed by atoms with Gasteiger partial charge in [-0.3, -0.25) is 4.90 Å². The van der Waals surface area contributed by atoms with E-state index >= 15 is 0 Å². The van der Waals surface area contributed by atoms with Gasteiger partial charge < -0.3 is 9.84 Å². The van der Waals surface area contributed by atoms with Crippen LogP contribution >= 0.6 is 0 Å². The highest BCUT2D eigenvalue weighted by atomic mass is 16.6. The largest absolute Gasteiger partial charge is 0.367 e. The van der Waals surface area contributed by atoms with Crippen LogP contribution in [0.25, 0.3) is 0 Å². The molecule has 2 fully saturated rings. The lowest BCUT2D eigenvalue weighted by Crippen LogP contribution is -2.53. The summed E-state index contributed by atoms with van der Waals surface area (Å²) in [6.45, 7) is 13.8. The quantitative estimate of drug-likeness (QED) is 0.753. The number of hydrogen-bond donors (Lipinski definition) is 1. The average Bonchev–Trinajstić information content (AvgIpc) is 2.71. The third kappa shape index (κ3) is 2.83. The fourth-order valence-corrected chi connectivity index (χ4v) is 3.02. The average molecular weight is 241 g/mol. The molecule has 0 spiro atoms. The number of rotatable bonds is 2. The van der Waals surface area contributed by atoms with Crippen LogP contribution in [0.3, 0.4) is 0 Å². The Morgan fingerprint density at radius 3 is 2.24 bits per heavy atom. The summed E-state index contributed by atoms with van der Waals surface area (Å²) in [5, 5.41) is 10.4. The van der Waals surface area contributed by atoms with Gasteiger partial charge in [0.1, 0.15) is 0 Å². The predicted molar refractivity (Wildman–Crippen MR) is 68.7 cm³/mol. The lowest BCUT2D eigenvalue weighted by molar-refractivity contribution is -0.203. The van der Waals surface area contributed by atoms with Crippen molar-refractivity contribution in [3.05, 3.63) is 0 Å². The molecule has 1 heterocycles. The van der Waals surface area contributed by atoms with E-state index in [0.717, 1.165) is 12.5 Å². The van der Waals surface area contributed by atoms with Crippen molar-refractivity contribution in [1.82, 2.24) is 4.90 Å². The fraction of sp³-hybridized carbons (Fsp3) is 1.00. The van der Waals surface area contributed by atoms with E-state index < -0.39 is 6.29 Å². The molecular formula is C14H27NO2. The van der Waals surface area contributed by atoms with Crippen molar-refractivity contribution in [1.29, 1.82) is 0 Å². The van der Waals surface area contributed by atoms with Crippen LogP contribution in [0.2, 0.25) is 0 Å². The molecule has 100 valence electrons. The molecular weight excluding hydrogens is 214 g/mol. The number of piperidine rings is 1. The van der Waals surface area contributed by atoms with Crippen LogP contribution in [0, 0.1) is 11.8 Å². The van der Waals surface area contributed by atoms with E-state index in [1.54, 1.807) is 0 Å². The highest BCUT2D eigenvalue weighted by Gasteiger charge is 2.57. The smallest absolute Gasteiger partial charge is 0.171 e. The van der Waals surface area contributed by atoms with Crippen LogP contribution in [0.4, 0.5) is 0 Å². The first kappa shape index (κ1) is 13.3. The van der Waals surface area contributed by atoms with Crippen LogP contribution in [0.1, 0.15) is 48.0 Å². The summed E-state index contributed by atoms with van der Waals surface area (Å²) in [7, 11) is 0. The van der Waals surface area contributed by atoms with Crippen molar-refractivity contribution < 1.29 is 9.84 Å². The molecule has 1 aliphatic carbocycles. The van der Waals surface area contributed by atoms with E-state index in [2.05, 4.69) is 25.7 Å². The first-order valence-electron chi connectivity index (χ1n) is 6.72. The summed E-state index contributed by atoms with van der Waals surface area (Å²) in [5.74, 6) is 1.43. The zero-order chi connectivity index (χ0) is 13.0. The maximum Gasteiger partial charge on any atom is 0.171 e. The minimum atomic E-state index is -0.660. The van der Waals surface area contributed by atoms with E-state index in [1.807, 2.05) is 20.8 Å². The second-order valence-corrected chi connectivity index (χ2v) is 7.59. The predicted octanol–water partition coefficient (Wildman–Crippen LogP) is 2.24. The van der Waals surface area contributed by atoms with Gasteiger partial charge in [0, 0.05) is 12.1 Å². The molecule has 17 heavy (non-hydrogen) atoms. The molecule has 4 atom stereocenters. The van der Waals surface area contributed by atoms with Crippen LogP contribution < -0.4 is 0 Å². The first-order chi connectivity index (χ1) is 7.59. The van der Waals surface area contributed by atoms with Crippen LogP contribution in [0.5, 0.6) is 0 Å². The molecule has 1 aliphatic heterocycles. The second kappa shape index (κ2) is 3.94. The lowest BCUT2D eigenvalue weighted by Gasteiger charge is -2.41. The van der Waals surface area contributed by atoms with E-state index in [1.165, 1.54) is 6.42 Å². The zero-order valence-corrected chi connectivity index (χ0v) is 12.0. The Balaban J connectivity index is 2.07. The monoisotopic (exact) mass is 241 g/mol. The van der Waals surface area contributed by atoms with Gasteiger partial charge in [0.2, 0.25) is 0 Å². The molecule has 0 bridgehead atoms. The maximum absolute atomic E-state index is 10.4. The molecule has 0 radical (unpaired) electrons. The molecule has 2 aliphatic rings. The number of aliphatic hydroxyl groups is 1. The third-order valence-electron chi connectivity index (χ3n) is 3.84. The van der Waals surface area contributed by atoms with Gasteiger partial charge in [-0.15, -0.1) is 0 Å². The Morgan fingerprint density at radius 1 is 1.18 bits per heavy atom. The van der Waals surface area contributed by atoms with Gasteiger partial charge in [-0.25, -0.2) is 0 Å². The Labute approximate surface area is 105 Å². The molecule has 1 N–H and O–H groups in total. The van der Waals surface area contributed by atoms with Gasteiger partial charge in [-0.2, -0.15) is 0 Å². The Kier molecular flexibility index (Phi) is 3.08. The Bertz CT molecular complexity index is 290. The van der Waals surface area contributed by atoms with Crippen LogP contribution in [-0.2, 0) is 4.74 Å². The zero-order valence-electron chi connectivity index (χ0n) is 12.0. The van der Waals surface area contributed by atoms with Crippen molar-refractivity contribution >= 4 is 0 Å². The van der Waals surface area contributed by atoms with E-state index in [4.69, 9.17) is 4.74 Å². The summed E-state index contributed by atoms with van der Waals surface area (Å²) >= 11 is 0. The second-order valence-electron chi connectivity index (χ2n) is 7.59. The van der Waals surface area contributed by atoms with E-state index in [-0.39, 0.29) is 17.2 Å². The molecule has 3 unspecified atom stereocenters. The van der Waals surface area contributed by atoms with Crippen LogP contribution in [-0.4, -0.2) is 40.0 Å². The topological polar surface area (TPSA) is 32.7 Å². The molecule has 3 heteroatoms. The van der Waals surface area contributed by atoms with Crippen molar-refractivity contribution in [3.63, 3.8) is 0 Å². The number of likely N-dealkylation sites (tertiary alicyclic amines) is 1. The number of fused-ring (bicyclic) bond motifs is 1. The minimum absolute atomic E-state index is 0.111. The number of hydrogen-bond acceptors (Lipinski definition) is 3. The fourth-order valence-electron chi connectivity index (χ4n) is 3.02. The van der Waals surface area contributed by atoms with Gasteiger partial charge in [0.05, 0.1) is 11.6 Å². The van der Waals surface area contributed by atoms with Gasteiger partial charge in [0.15, 0.2) is 6.29 Å². The third-order valence-corrected chi connectivity index (χ3v) is 3.84. The molecule has 0 aromatic heterocycles. The van der Waals surface area contributed by atoms with E-state index in [0.29, 0.717) is 5.92 Å². The standard InChI is InChI=1S/C14H27NO2/c1-13(2,3)15-8-9-7-10(9)11(15)12(16)17-14(4,5)6/h9-12,16H,7-8H2,1-6H3/t9?,10?,11?,12-/m0/s1. The van der Waals surface area contributed by atoms with Gasteiger partial charge in [0.25, 0.3) is 0 Å². The van der Waals surface area contributed by atoms with Gasteiger partial charge >= 0.3 is 0 Å².